The topological polar surface area (TPSA) is 103 Å². The maximum absolute atomic E-state index is 12.6. The Morgan fingerprint density at radius 1 is 1.11 bits per heavy atom. The molecule has 1 aliphatic carbocycles. The van der Waals surface area contributed by atoms with Gasteiger partial charge in [0.2, 0.25) is 0 Å². The Kier molecular flexibility index (Phi) is 6.98. The first-order chi connectivity index (χ1) is 17.0. The van der Waals surface area contributed by atoms with Gasteiger partial charge in [-0.3, -0.25) is 9.69 Å². The van der Waals surface area contributed by atoms with Gasteiger partial charge in [0.1, 0.15) is 12.4 Å². The summed E-state index contributed by atoms with van der Waals surface area (Å²) in [6.07, 6.45) is 6.17. The van der Waals surface area contributed by atoms with Gasteiger partial charge in [0.25, 0.3) is 0 Å². The number of hydrogen-bond donors (Lipinski definition) is 1. The summed E-state index contributed by atoms with van der Waals surface area (Å²) in [6, 6.07) is 4.29. The van der Waals surface area contributed by atoms with Crippen molar-refractivity contribution in [2.45, 2.75) is 83.1 Å². The Bertz CT molecular complexity index is 1080. The third-order valence-electron chi connectivity index (χ3n) is 7.93. The first-order valence-electron chi connectivity index (χ1n) is 12.8. The number of rotatable bonds is 5. The fourth-order valence-electron chi connectivity index (χ4n) is 5.95. The number of benzene rings is 1. The number of methoxy groups -OCH3 is 1. The van der Waals surface area contributed by atoms with E-state index in [0.717, 1.165) is 79.8 Å². The number of aryl methyl sites for hydroxylation is 1. The SMILES string of the molecule is COC(=O)N1c2ccc3c(nc(COC4CCOCC4)n3C3CCC(C(=O)O)CC3)c2CC[C@@H]1C. The number of fused-ring (bicyclic) bond motifs is 3. The van der Waals surface area contributed by atoms with Gasteiger partial charge >= 0.3 is 12.1 Å². The second kappa shape index (κ2) is 10.1. The molecule has 3 aliphatic rings. The molecule has 2 aromatic rings. The lowest BCUT2D eigenvalue weighted by atomic mass is 9.86. The number of carbonyl (C=O) groups is 2. The van der Waals surface area contributed by atoms with Crippen molar-refractivity contribution in [1.29, 1.82) is 0 Å². The standard InChI is InChI=1S/C26H35N3O6/c1-16-3-8-20-21(28(16)26(32)33-2)9-10-22-24(20)27-23(15-35-19-11-13-34-14-12-19)29(22)18-6-4-17(5-7-18)25(30)31/h9-10,16-19H,3-8,11-15H2,1-2H3,(H,30,31)/t16-,17?,18?/m0/s1. The Morgan fingerprint density at radius 3 is 2.54 bits per heavy atom. The highest BCUT2D eigenvalue weighted by Gasteiger charge is 2.34. The lowest BCUT2D eigenvalue weighted by molar-refractivity contribution is -0.143. The van der Waals surface area contributed by atoms with Crippen molar-refractivity contribution >= 4 is 28.8 Å². The molecule has 0 unspecified atom stereocenters. The smallest absolute Gasteiger partial charge is 0.414 e. The highest BCUT2D eigenvalue weighted by molar-refractivity contribution is 5.95. The summed E-state index contributed by atoms with van der Waals surface area (Å²) in [6.45, 7) is 3.88. The number of imidazole rings is 1. The van der Waals surface area contributed by atoms with E-state index in [4.69, 9.17) is 19.2 Å². The van der Waals surface area contributed by atoms with Gasteiger partial charge < -0.3 is 23.9 Å². The highest BCUT2D eigenvalue weighted by atomic mass is 16.5. The minimum Gasteiger partial charge on any atom is -0.481 e. The van der Waals surface area contributed by atoms with Gasteiger partial charge in [-0.05, 0) is 70.4 Å². The van der Waals surface area contributed by atoms with Crippen molar-refractivity contribution in [2.75, 3.05) is 25.2 Å². The molecule has 9 nitrogen and oxygen atoms in total. The molecule has 1 amide bonds. The molecule has 0 spiro atoms. The summed E-state index contributed by atoms with van der Waals surface area (Å²) in [4.78, 5) is 30.9. The monoisotopic (exact) mass is 485 g/mol. The van der Waals surface area contributed by atoms with Gasteiger partial charge in [0.05, 0.1) is 35.9 Å². The third kappa shape index (κ3) is 4.63. The zero-order chi connectivity index (χ0) is 24.5. The molecule has 1 aromatic heterocycles. The van der Waals surface area contributed by atoms with Gasteiger partial charge in [-0.2, -0.15) is 0 Å². The maximum atomic E-state index is 12.6. The number of carboxylic acids is 1. The Hall–Kier alpha value is -2.65. The molecule has 190 valence electrons. The van der Waals surface area contributed by atoms with Crippen LogP contribution in [0.4, 0.5) is 10.5 Å². The second-order valence-corrected chi connectivity index (χ2v) is 10.0. The van der Waals surface area contributed by atoms with E-state index in [1.54, 1.807) is 4.90 Å². The zero-order valence-electron chi connectivity index (χ0n) is 20.6. The summed E-state index contributed by atoms with van der Waals surface area (Å²) < 4.78 is 19.1. The van der Waals surface area contributed by atoms with E-state index in [1.165, 1.54) is 7.11 Å². The van der Waals surface area contributed by atoms with Crippen molar-refractivity contribution in [2.24, 2.45) is 5.92 Å². The van der Waals surface area contributed by atoms with Crippen LogP contribution in [0, 0.1) is 5.92 Å². The number of aliphatic carboxylic acids is 1. The molecule has 0 radical (unpaired) electrons. The van der Waals surface area contributed by atoms with Crippen molar-refractivity contribution in [3.8, 4) is 0 Å². The van der Waals surface area contributed by atoms with Crippen molar-refractivity contribution in [1.82, 2.24) is 9.55 Å². The molecule has 3 heterocycles. The number of anilines is 1. The van der Waals surface area contributed by atoms with E-state index >= 15 is 0 Å². The number of amides is 1. The molecule has 9 heteroatoms. The van der Waals surface area contributed by atoms with Crippen molar-refractivity contribution in [3.05, 3.63) is 23.5 Å². The van der Waals surface area contributed by atoms with Gasteiger partial charge in [-0.25, -0.2) is 9.78 Å². The maximum Gasteiger partial charge on any atom is 0.414 e. The van der Waals surface area contributed by atoms with E-state index in [2.05, 4.69) is 10.6 Å². The number of nitrogens with zero attached hydrogens (tertiary/aromatic N) is 3. The Morgan fingerprint density at radius 2 is 1.86 bits per heavy atom. The van der Waals surface area contributed by atoms with Crippen LogP contribution in [0.5, 0.6) is 0 Å². The molecule has 1 saturated carbocycles. The molecular weight excluding hydrogens is 450 g/mol. The van der Waals surface area contributed by atoms with E-state index < -0.39 is 5.97 Å². The minimum atomic E-state index is -0.701. The van der Waals surface area contributed by atoms with E-state index in [-0.39, 0.29) is 30.2 Å². The quantitative estimate of drug-likeness (QED) is 0.667. The van der Waals surface area contributed by atoms with Gasteiger partial charge in [0.15, 0.2) is 0 Å². The number of carbonyl (C=O) groups excluding carboxylic acids is 1. The van der Waals surface area contributed by atoms with E-state index in [1.807, 2.05) is 13.0 Å². The number of aromatic nitrogens is 2. The highest BCUT2D eigenvalue weighted by Crippen LogP contribution is 2.40. The van der Waals surface area contributed by atoms with Gasteiger partial charge in [-0.15, -0.1) is 0 Å². The average Bonchev–Trinajstić information content (AvgIpc) is 3.26. The summed E-state index contributed by atoms with van der Waals surface area (Å²) >= 11 is 0. The van der Waals surface area contributed by atoms with Crippen LogP contribution in [-0.2, 0) is 32.0 Å². The molecule has 35 heavy (non-hydrogen) atoms. The number of carboxylic acid groups (broad SMARTS) is 1. The fraction of sp³-hybridized carbons (Fsp3) is 0.654. The number of hydrogen-bond acceptors (Lipinski definition) is 6. The molecule has 2 fully saturated rings. The van der Waals surface area contributed by atoms with Crippen LogP contribution >= 0.6 is 0 Å². The molecule has 1 saturated heterocycles. The van der Waals surface area contributed by atoms with Crippen LogP contribution < -0.4 is 4.90 Å². The molecule has 1 N–H and O–H groups in total. The third-order valence-corrected chi connectivity index (χ3v) is 7.93. The van der Waals surface area contributed by atoms with Crippen LogP contribution in [0.2, 0.25) is 0 Å². The summed E-state index contributed by atoms with van der Waals surface area (Å²) in [5.41, 5.74) is 3.87. The molecule has 2 aliphatic heterocycles. The summed E-state index contributed by atoms with van der Waals surface area (Å²) in [7, 11) is 1.41. The lowest BCUT2D eigenvalue weighted by Crippen LogP contribution is -2.42. The van der Waals surface area contributed by atoms with Crippen molar-refractivity contribution in [3.63, 3.8) is 0 Å². The summed E-state index contributed by atoms with van der Waals surface area (Å²) in [5, 5.41) is 9.46. The molecule has 1 atom stereocenters. The van der Waals surface area contributed by atoms with Crippen LogP contribution in [0.15, 0.2) is 12.1 Å². The van der Waals surface area contributed by atoms with Gasteiger partial charge in [0, 0.05) is 30.9 Å². The molecule has 5 rings (SSSR count). The van der Waals surface area contributed by atoms with Crippen molar-refractivity contribution < 1.29 is 28.9 Å². The second-order valence-electron chi connectivity index (χ2n) is 10.0. The lowest BCUT2D eigenvalue weighted by Gasteiger charge is -2.34. The Labute approximate surface area is 205 Å². The van der Waals surface area contributed by atoms with Crippen LogP contribution in [-0.4, -0.2) is 59.2 Å². The van der Waals surface area contributed by atoms with Crippen LogP contribution in [0.3, 0.4) is 0 Å². The number of ether oxygens (including phenoxy) is 3. The Balaban J connectivity index is 1.52. The predicted molar refractivity (Wildman–Crippen MR) is 130 cm³/mol. The first kappa shape index (κ1) is 24.1. The van der Waals surface area contributed by atoms with E-state index in [0.29, 0.717) is 19.4 Å². The first-order valence-corrected chi connectivity index (χ1v) is 12.8. The molecular formula is C26H35N3O6. The molecule has 1 aromatic carbocycles. The zero-order valence-corrected chi connectivity index (χ0v) is 20.6. The van der Waals surface area contributed by atoms with E-state index in [9.17, 15) is 14.7 Å². The average molecular weight is 486 g/mol. The van der Waals surface area contributed by atoms with Crippen LogP contribution in [0.25, 0.3) is 11.0 Å². The van der Waals surface area contributed by atoms with Gasteiger partial charge in [-0.1, -0.05) is 0 Å². The van der Waals surface area contributed by atoms with Crippen LogP contribution in [0.1, 0.15) is 69.3 Å². The predicted octanol–water partition coefficient (Wildman–Crippen LogP) is 4.46. The fourth-order valence-corrected chi connectivity index (χ4v) is 5.95. The normalized spacial score (nSPS) is 25.4. The molecule has 0 bridgehead atoms. The minimum absolute atomic E-state index is 0.0529. The summed E-state index contributed by atoms with van der Waals surface area (Å²) in [5.74, 6) is -0.0964. The largest absolute Gasteiger partial charge is 0.481 e.